The predicted octanol–water partition coefficient (Wildman–Crippen LogP) is 2.30. The molecular weight excluding hydrogens is 309 g/mol. The van der Waals surface area contributed by atoms with Gasteiger partial charge in [0.25, 0.3) is 0 Å². The Morgan fingerprint density at radius 2 is 2.05 bits per heavy atom. The second-order valence-corrected chi connectivity index (χ2v) is 6.67. The van der Waals surface area contributed by atoms with Gasteiger partial charge in [-0.25, -0.2) is 8.42 Å². The van der Waals surface area contributed by atoms with Crippen molar-refractivity contribution in [2.45, 2.75) is 5.75 Å². The van der Waals surface area contributed by atoms with Crippen molar-refractivity contribution in [2.75, 3.05) is 19.7 Å². The Bertz CT molecular complexity index is 546. The predicted molar refractivity (Wildman–Crippen MR) is 77.9 cm³/mol. The van der Waals surface area contributed by atoms with Crippen molar-refractivity contribution in [3.05, 3.63) is 46.5 Å². The van der Waals surface area contributed by atoms with Gasteiger partial charge in [-0.2, -0.15) is 4.31 Å². The van der Waals surface area contributed by atoms with Gasteiger partial charge < -0.3 is 5.11 Å². The highest BCUT2D eigenvalue weighted by Gasteiger charge is 2.22. The summed E-state index contributed by atoms with van der Waals surface area (Å²) in [5, 5.41) is 9.65. The number of sulfonamides is 1. The van der Waals surface area contributed by atoms with E-state index in [1.54, 1.807) is 12.1 Å². The first-order chi connectivity index (χ1) is 8.90. The number of hydrogen-bond donors (Lipinski definition) is 1. The molecule has 0 atom stereocenters. The summed E-state index contributed by atoms with van der Waals surface area (Å²) in [5.74, 6) is -0.239. The zero-order valence-electron chi connectivity index (χ0n) is 10.2. The average molecular weight is 324 g/mol. The van der Waals surface area contributed by atoms with Gasteiger partial charge in [0.1, 0.15) is 0 Å². The molecule has 4 nitrogen and oxygen atoms in total. The summed E-state index contributed by atoms with van der Waals surface area (Å²) in [6.45, 7) is 3.43. The molecule has 0 bridgehead atoms. The zero-order valence-corrected chi connectivity index (χ0v) is 12.5. The molecule has 0 aliphatic heterocycles. The Morgan fingerprint density at radius 3 is 2.58 bits per heavy atom. The van der Waals surface area contributed by atoms with Crippen LogP contribution in [0.2, 0.25) is 10.0 Å². The van der Waals surface area contributed by atoms with Crippen molar-refractivity contribution in [1.82, 2.24) is 4.31 Å². The molecule has 0 radical (unpaired) electrons. The van der Waals surface area contributed by atoms with Crippen LogP contribution in [0.3, 0.4) is 0 Å². The molecule has 106 valence electrons. The van der Waals surface area contributed by atoms with E-state index in [0.717, 1.165) is 4.31 Å². The highest BCUT2D eigenvalue weighted by Crippen LogP contribution is 2.23. The van der Waals surface area contributed by atoms with E-state index in [1.165, 1.54) is 12.1 Å². The van der Waals surface area contributed by atoms with E-state index in [9.17, 15) is 8.42 Å². The Kier molecular flexibility index (Phi) is 6.29. The lowest BCUT2D eigenvalue weighted by molar-refractivity contribution is 0.260. The fraction of sp³-hybridized carbons (Fsp3) is 0.333. The van der Waals surface area contributed by atoms with Crippen LogP contribution < -0.4 is 0 Å². The third-order valence-corrected chi connectivity index (χ3v) is 4.81. The molecule has 1 aromatic rings. The van der Waals surface area contributed by atoms with Crippen LogP contribution in [-0.2, 0) is 15.8 Å². The quantitative estimate of drug-likeness (QED) is 0.783. The molecule has 7 heteroatoms. The topological polar surface area (TPSA) is 57.6 Å². The fourth-order valence-electron chi connectivity index (χ4n) is 1.53. The van der Waals surface area contributed by atoms with Gasteiger partial charge in [0, 0.05) is 23.1 Å². The van der Waals surface area contributed by atoms with E-state index in [-0.39, 0.29) is 25.4 Å². The molecule has 19 heavy (non-hydrogen) atoms. The van der Waals surface area contributed by atoms with Crippen LogP contribution in [0.15, 0.2) is 30.9 Å². The van der Waals surface area contributed by atoms with Crippen molar-refractivity contribution in [2.24, 2.45) is 0 Å². The van der Waals surface area contributed by atoms with Crippen molar-refractivity contribution >= 4 is 33.2 Å². The molecule has 1 N–H and O–H groups in total. The summed E-state index contributed by atoms with van der Waals surface area (Å²) in [5.41, 5.74) is 0.470. The van der Waals surface area contributed by atoms with Crippen LogP contribution in [0.1, 0.15) is 5.56 Å². The number of rotatable bonds is 7. The van der Waals surface area contributed by atoms with Crippen LogP contribution in [0.25, 0.3) is 0 Å². The molecular formula is C12H15Cl2NO3S. The molecule has 0 unspecified atom stereocenters. The van der Waals surface area contributed by atoms with E-state index in [0.29, 0.717) is 15.6 Å². The van der Waals surface area contributed by atoms with Crippen LogP contribution in [0, 0.1) is 0 Å². The van der Waals surface area contributed by atoms with Crippen LogP contribution >= 0.6 is 23.2 Å². The second kappa shape index (κ2) is 7.26. The molecule has 0 fully saturated rings. The van der Waals surface area contributed by atoms with E-state index >= 15 is 0 Å². The zero-order chi connectivity index (χ0) is 14.5. The number of benzene rings is 1. The van der Waals surface area contributed by atoms with Gasteiger partial charge in [-0.15, -0.1) is 6.58 Å². The largest absolute Gasteiger partial charge is 0.395 e. The molecule has 0 spiro atoms. The highest BCUT2D eigenvalue weighted by atomic mass is 35.5. The van der Waals surface area contributed by atoms with Gasteiger partial charge in [-0.3, -0.25) is 0 Å². The number of aliphatic hydroxyl groups is 1. The van der Waals surface area contributed by atoms with Crippen LogP contribution in [-0.4, -0.2) is 37.5 Å². The van der Waals surface area contributed by atoms with E-state index in [1.807, 2.05) is 0 Å². The first-order valence-electron chi connectivity index (χ1n) is 5.54. The third kappa shape index (κ3) is 4.78. The Labute approximate surface area is 123 Å². The minimum Gasteiger partial charge on any atom is -0.395 e. The molecule has 1 rings (SSSR count). The summed E-state index contributed by atoms with van der Waals surface area (Å²) in [6, 6.07) is 4.66. The van der Waals surface area contributed by atoms with Gasteiger partial charge in [-0.1, -0.05) is 35.3 Å². The molecule has 0 heterocycles. The molecule has 0 amide bonds. The number of aliphatic hydroxyl groups excluding tert-OH is 1. The van der Waals surface area contributed by atoms with E-state index < -0.39 is 10.0 Å². The smallest absolute Gasteiger partial charge is 0.218 e. The monoisotopic (exact) mass is 323 g/mol. The summed E-state index contributed by atoms with van der Waals surface area (Å²) < 4.78 is 25.5. The summed E-state index contributed by atoms with van der Waals surface area (Å²) in [4.78, 5) is 0. The lowest BCUT2D eigenvalue weighted by Gasteiger charge is -2.20. The SMILES string of the molecule is C=CCN(CCO)S(=O)(=O)Cc1ccc(Cl)cc1Cl. The Morgan fingerprint density at radius 1 is 1.37 bits per heavy atom. The second-order valence-electron chi connectivity index (χ2n) is 3.86. The fourth-order valence-corrected chi connectivity index (χ4v) is 3.60. The lowest BCUT2D eigenvalue weighted by atomic mass is 10.2. The molecule has 0 saturated heterocycles. The highest BCUT2D eigenvalue weighted by molar-refractivity contribution is 7.88. The number of halogens is 2. The Hall–Kier alpha value is -0.590. The Balaban J connectivity index is 2.96. The van der Waals surface area contributed by atoms with Crippen molar-refractivity contribution in [3.63, 3.8) is 0 Å². The maximum atomic E-state index is 12.2. The van der Waals surface area contributed by atoms with Crippen LogP contribution in [0.4, 0.5) is 0 Å². The van der Waals surface area contributed by atoms with Crippen molar-refractivity contribution < 1.29 is 13.5 Å². The minimum absolute atomic E-state index is 0.0273. The molecule has 0 aromatic heterocycles. The molecule has 0 saturated carbocycles. The van der Waals surface area contributed by atoms with Crippen molar-refractivity contribution in [3.8, 4) is 0 Å². The van der Waals surface area contributed by atoms with Gasteiger partial charge >= 0.3 is 0 Å². The summed E-state index contributed by atoms with van der Waals surface area (Å²) in [7, 11) is -3.56. The number of nitrogens with zero attached hydrogens (tertiary/aromatic N) is 1. The lowest BCUT2D eigenvalue weighted by Crippen LogP contribution is -2.34. The standard InChI is InChI=1S/C12H15Cl2NO3S/c1-2-5-15(6-7-16)19(17,18)9-10-3-4-11(13)8-12(10)14/h2-4,8,16H,1,5-7,9H2. The van der Waals surface area contributed by atoms with Gasteiger partial charge in [0.2, 0.25) is 10.0 Å². The number of hydrogen-bond acceptors (Lipinski definition) is 3. The van der Waals surface area contributed by atoms with E-state index in [4.69, 9.17) is 28.3 Å². The third-order valence-electron chi connectivity index (χ3n) is 2.43. The minimum atomic E-state index is -3.56. The van der Waals surface area contributed by atoms with Gasteiger partial charge in [0.05, 0.1) is 12.4 Å². The summed E-state index contributed by atoms with van der Waals surface area (Å²) in [6.07, 6.45) is 1.47. The maximum Gasteiger partial charge on any atom is 0.218 e. The molecule has 1 aromatic carbocycles. The first-order valence-corrected chi connectivity index (χ1v) is 7.90. The van der Waals surface area contributed by atoms with Gasteiger partial charge in [-0.05, 0) is 17.7 Å². The summed E-state index contributed by atoms with van der Waals surface area (Å²) >= 11 is 11.7. The average Bonchev–Trinajstić information content (AvgIpc) is 2.32. The molecule has 0 aliphatic carbocycles. The van der Waals surface area contributed by atoms with Crippen molar-refractivity contribution in [1.29, 1.82) is 0 Å². The normalized spacial score (nSPS) is 11.8. The maximum absolute atomic E-state index is 12.2. The first kappa shape index (κ1) is 16.5. The van der Waals surface area contributed by atoms with Gasteiger partial charge in [0.15, 0.2) is 0 Å². The van der Waals surface area contributed by atoms with Crippen LogP contribution in [0.5, 0.6) is 0 Å². The van der Waals surface area contributed by atoms with E-state index in [2.05, 4.69) is 6.58 Å². The molecule has 0 aliphatic rings.